The highest BCUT2D eigenvalue weighted by molar-refractivity contribution is 7.75. The molecule has 0 bridgehead atoms. The summed E-state index contributed by atoms with van der Waals surface area (Å²) in [5, 5.41) is 0. The third-order valence-electron chi connectivity index (χ3n) is 3.78. The zero-order chi connectivity index (χ0) is 17.0. The molecule has 1 aliphatic carbocycles. The molecule has 2 atom stereocenters. The number of hydrogen-bond acceptors (Lipinski definition) is 3. The standard InChI is InChI=1S/C19H17ClO3S/c1-15-7-5-6-10-18(15)19(20)13-11-17(12-14-19)23-24(21)22-16-8-3-2-4-9-16/h2-13H,14H2,1H3. The first-order chi connectivity index (χ1) is 11.6. The fraction of sp³-hybridized carbons (Fsp3) is 0.158. The van der Waals surface area contributed by atoms with E-state index in [1.54, 1.807) is 30.3 Å². The molecule has 0 spiro atoms. The van der Waals surface area contributed by atoms with Gasteiger partial charge >= 0.3 is 11.4 Å². The summed E-state index contributed by atoms with van der Waals surface area (Å²) < 4.78 is 22.5. The second kappa shape index (κ2) is 7.24. The van der Waals surface area contributed by atoms with Crippen LogP contribution in [0.25, 0.3) is 0 Å². The Balaban J connectivity index is 1.65. The number of benzene rings is 2. The van der Waals surface area contributed by atoms with Gasteiger partial charge in [-0.15, -0.1) is 11.6 Å². The van der Waals surface area contributed by atoms with Gasteiger partial charge < -0.3 is 8.37 Å². The van der Waals surface area contributed by atoms with E-state index >= 15 is 0 Å². The van der Waals surface area contributed by atoms with Gasteiger partial charge in [0.25, 0.3) is 0 Å². The monoisotopic (exact) mass is 360 g/mol. The molecular formula is C19H17ClO3S. The zero-order valence-electron chi connectivity index (χ0n) is 13.1. The van der Waals surface area contributed by atoms with Gasteiger partial charge in [-0.2, -0.15) is 4.21 Å². The SMILES string of the molecule is Cc1ccccc1C1(Cl)C=CC(OS(=O)Oc2ccccc2)=CC1. The number of aryl methyl sites for hydroxylation is 1. The number of para-hydroxylation sites is 1. The topological polar surface area (TPSA) is 35.5 Å². The highest BCUT2D eigenvalue weighted by atomic mass is 35.5. The summed E-state index contributed by atoms with van der Waals surface area (Å²) in [5.41, 5.74) is 2.19. The van der Waals surface area contributed by atoms with Crippen LogP contribution in [0.4, 0.5) is 0 Å². The van der Waals surface area contributed by atoms with Gasteiger partial charge in [-0.3, -0.25) is 0 Å². The first-order valence-electron chi connectivity index (χ1n) is 7.55. The zero-order valence-corrected chi connectivity index (χ0v) is 14.7. The maximum atomic E-state index is 11.9. The van der Waals surface area contributed by atoms with Crippen LogP contribution >= 0.6 is 11.6 Å². The fourth-order valence-corrected chi connectivity index (χ4v) is 3.49. The van der Waals surface area contributed by atoms with Crippen LogP contribution in [0.3, 0.4) is 0 Å². The average molecular weight is 361 g/mol. The van der Waals surface area contributed by atoms with Crippen molar-refractivity contribution in [3.63, 3.8) is 0 Å². The van der Waals surface area contributed by atoms with E-state index in [2.05, 4.69) is 0 Å². The normalized spacial score (nSPS) is 21.0. The van der Waals surface area contributed by atoms with E-state index in [9.17, 15) is 4.21 Å². The summed E-state index contributed by atoms with van der Waals surface area (Å²) in [6.07, 6.45) is 5.97. The van der Waals surface area contributed by atoms with Gasteiger partial charge in [0.15, 0.2) is 0 Å². The number of rotatable bonds is 5. The largest absolute Gasteiger partial charge is 0.417 e. The van der Waals surface area contributed by atoms with Crippen molar-refractivity contribution in [2.75, 3.05) is 0 Å². The van der Waals surface area contributed by atoms with Crippen molar-refractivity contribution < 1.29 is 12.6 Å². The van der Waals surface area contributed by atoms with Crippen LogP contribution in [-0.2, 0) is 20.4 Å². The van der Waals surface area contributed by atoms with Gasteiger partial charge in [0, 0.05) is 0 Å². The molecule has 2 aromatic rings. The van der Waals surface area contributed by atoms with Gasteiger partial charge in [-0.1, -0.05) is 48.5 Å². The highest BCUT2D eigenvalue weighted by Crippen LogP contribution is 2.39. The maximum Gasteiger partial charge on any atom is 0.417 e. The van der Waals surface area contributed by atoms with E-state index in [1.807, 2.05) is 49.4 Å². The van der Waals surface area contributed by atoms with Crippen molar-refractivity contribution in [3.05, 3.63) is 89.7 Å². The molecule has 0 fully saturated rings. The van der Waals surface area contributed by atoms with Crippen molar-refractivity contribution in [1.29, 1.82) is 0 Å². The van der Waals surface area contributed by atoms with Crippen LogP contribution in [-0.4, -0.2) is 4.21 Å². The predicted octanol–water partition coefficient (Wildman–Crippen LogP) is 4.95. The number of allylic oxidation sites excluding steroid dienone is 3. The first kappa shape index (κ1) is 16.8. The quantitative estimate of drug-likeness (QED) is 0.708. The Kier molecular flexibility index (Phi) is 5.07. The molecule has 0 aliphatic heterocycles. The van der Waals surface area contributed by atoms with Crippen LogP contribution in [0.2, 0.25) is 0 Å². The lowest BCUT2D eigenvalue weighted by atomic mass is 9.88. The average Bonchev–Trinajstić information content (AvgIpc) is 2.58. The van der Waals surface area contributed by atoms with E-state index in [1.165, 1.54) is 0 Å². The third-order valence-corrected chi connectivity index (χ3v) is 4.92. The molecule has 0 saturated carbocycles. The lowest BCUT2D eigenvalue weighted by Gasteiger charge is -2.27. The molecule has 0 radical (unpaired) electrons. The molecule has 5 heteroatoms. The molecule has 24 heavy (non-hydrogen) atoms. The van der Waals surface area contributed by atoms with Crippen molar-refractivity contribution in [2.24, 2.45) is 0 Å². The molecule has 3 rings (SSSR count). The van der Waals surface area contributed by atoms with Crippen molar-refractivity contribution >= 4 is 23.0 Å². The van der Waals surface area contributed by atoms with Crippen LogP contribution in [0.5, 0.6) is 5.75 Å². The Morgan fingerprint density at radius 2 is 1.75 bits per heavy atom. The minimum atomic E-state index is -1.90. The maximum absolute atomic E-state index is 11.9. The first-order valence-corrected chi connectivity index (χ1v) is 8.92. The molecule has 0 heterocycles. The van der Waals surface area contributed by atoms with Crippen molar-refractivity contribution in [2.45, 2.75) is 18.2 Å². The summed E-state index contributed by atoms with van der Waals surface area (Å²) in [6, 6.07) is 16.9. The smallest absolute Gasteiger partial charge is 0.371 e. The minimum Gasteiger partial charge on any atom is -0.371 e. The predicted molar refractivity (Wildman–Crippen MR) is 96.8 cm³/mol. The summed E-state index contributed by atoms with van der Waals surface area (Å²) in [6.45, 7) is 2.03. The molecule has 0 saturated heterocycles. The molecule has 2 unspecified atom stereocenters. The summed E-state index contributed by atoms with van der Waals surface area (Å²) in [4.78, 5) is -0.611. The van der Waals surface area contributed by atoms with E-state index in [0.717, 1.165) is 11.1 Å². The number of halogens is 1. The van der Waals surface area contributed by atoms with Crippen LogP contribution in [0.1, 0.15) is 17.5 Å². The lowest BCUT2D eigenvalue weighted by molar-refractivity contribution is 0.398. The van der Waals surface area contributed by atoms with E-state index < -0.39 is 16.2 Å². The molecule has 0 amide bonds. The molecule has 3 nitrogen and oxygen atoms in total. The second-order valence-corrected chi connectivity index (χ2v) is 6.92. The molecule has 0 aromatic heterocycles. The van der Waals surface area contributed by atoms with E-state index in [4.69, 9.17) is 20.0 Å². The summed E-state index contributed by atoms with van der Waals surface area (Å²) >= 11 is 4.84. The Bertz CT molecular complexity index is 801. The Labute approximate surface area is 149 Å². The lowest BCUT2D eigenvalue weighted by Crippen LogP contribution is -2.19. The van der Waals surface area contributed by atoms with Crippen LogP contribution < -0.4 is 4.18 Å². The van der Waals surface area contributed by atoms with Gasteiger partial charge in [0.05, 0.1) is 4.87 Å². The van der Waals surface area contributed by atoms with Gasteiger partial charge in [0.2, 0.25) is 0 Å². The van der Waals surface area contributed by atoms with Gasteiger partial charge in [0.1, 0.15) is 11.5 Å². The van der Waals surface area contributed by atoms with Crippen LogP contribution in [0.15, 0.2) is 78.6 Å². The summed E-state index contributed by atoms with van der Waals surface area (Å²) in [7, 11) is 0. The second-order valence-electron chi connectivity index (χ2n) is 5.51. The van der Waals surface area contributed by atoms with Gasteiger partial charge in [-0.05, 0) is 48.8 Å². The fourth-order valence-electron chi connectivity index (χ4n) is 2.55. The number of alkyl halides is 1. The molecular weight excluding hydrogens is 344 g/mol. The van der Waals surface area contributed by atoms with Crippen molar-refractivity contribution in [1.82, 2.24) is 0 Å². The Morgan fingerprint density at radius 3 is 2.42 bits per heavy atom. The minimum absolute atomic E-state index is 0.481. The van der Waals surface area contributed by atoms with Crippen molar-refractivity contribution in [3.8, 4) is 5.75 Å². The van der Waals surface area contributed by atoms with E-state index in [-0.39, 0.29) is 0 Å². The Morgan fingerprint density at radius 1 is 1.04 bits per heavy atom. The van der Waals surface area contributed by atoms with Crippen LogP contribution in [0, 0.1) is 6.92 Å². The molecule has 0 N–H and O–H groups in total. The number of hydrogen-bond donors (Lipinski definition) is 0. The highest BCUT2D eigenvalue weighted by Gasteiger charge is 2.29. The molecule has 1 aliphatic rings. The Hall–Kier alpha value is -2.04. The molecule has 124 valence electrons. The summed E-state index contributed by atoms with van der Waals surface area (Å²) in [5.74, 6) is 0.969. The third kappa shape index (κ3) is 3.89. The molecule has 2 aromatic carbocycles. The van der Waals surface area contributed by atoms with E-state index in [0.29, 0.717) is 17.9 Å². The van der Waals surface area contributed by atoms with Gasteiger partial charge in [-0.25, -0.2) is 0 Å².